The molecule has 0 amide bonds. The summed E-state index contributed by atoms with van der Waals surface area (Å²) in [6, 6.07) is 14.7. The first-order valence-electron chi connectivity index (χ1n) is 8.97. The Hall–Kier alpha value is -3.15. The number of nitrogens with zero attached hydrogens (tertiary/aromatic N) is 1. The summed E-state index contributed by atoms with van der Waals surface area (Å²) in [5.41, 5.74) is 1.29. The van der Waals surface area contributed by atoms with Crippen LogP contribution in [0.25, 0.3) is 10.9 Å². The summed E-state index contributed by atoms with van der Waals surface area (Å²) in [7, 11) is 0. The van der Waals surface area contributed by atoms with E-state index in [1.54, 1.807) is 25.1 Å². The van der Waals surface area contributed by atoms with Crippen LogP contribution in [0.15, 0.2) is 53.3 Å². The molecule has 0 spiro atoms. The standard InChI is InChI=1S/C21H22N2O4/c1-3-26-18-11-7-4-8-15(18)12-13-19(24)27-14(2)20-22-17-10-6-5-9-16(17)21(25)23-20/h4-11,14H,3,12-13H2,1-2H3,(H,22,23,25)/t14-/m1/s1. The van der Waals surface area contributed by atoms with Gasteiger partial charge in [0.25, 0.3) is 5.56 Å². The lowest BCUT2D eigenvalue weighted by molar-refractivity contribution is -0.148. The van der Waals surface area contributed by atoms with E-state index in [1.807, 2.05) is 37.3 Å². The minimum absolute atomic E-state index is 0.215. The molecule has 0 unspecified atom stereocenters. The van der Waals surface area contributed by atoms with Gasteiger partial charge in [0.15, 0.2) is 11.9 Å². The Balaban J connectivity index is 1.65. The second kappa shape index (κ2) is 8.49. The van der Waals surface area contributed by atoms with Crippen molar-refractivity contribution < 1.29 is 14.3 Å². The van der Waals surface area contributed by atoms with Crippen molar-refractivity contribution in [2.24, 2.45) is 0 Å². The third kappa shape index (κ3) is 4.53. The van der Waals surface area contributed by atoms with Crippen LogP contribution in [-0.4, -0.2) is 22.5 Å². The van der Waals surface area contributed by atoms with Crippen molar-refractivity contribution in [3.63, 3.8) is 0 Å². The molecule has 0 radical (unpaired) electrons. The topological polar surface area (TPSA) is 81.3 Å². The highest BCUT2D eigenvalue weighted by Crippen LogP contribution is 2.21. The number of aryl methyl sites for hydroxylation is 1. The minimum Gasteiger partial charge on any atom is -0.494 e. The summed E-state index contributed by atoms with van der Waals surface area (Å²) in [6.45, 7) is 4.18. The smallest absolute Gasteiger partial charge is 0.306 e. The Kier molecular flexibility index (Phi) is 5.86. The van der Waals surface area contributed by atoms with Crippen LogP contribution in [0.4, 0.5) is 0 Å². The lowest BCUT2D eigenvalue weighted by atomic mass is 10.1. The van der Waals surface area contributed by atoms with Crippen LogP contribution < -0.4 is 10.3 Å². The molecule has 0 fully saturated rings. The second-order valence-electron chi connectivity index (χ2n) is 6.14. The number of carbonyl (C=O) groups is 1. The Bertz CT molecular complexity index is 997. The molecule has 0 aliphatic rings. The number of aromatic nitrogens is 2. The third-order valence-electron chi connectivity index (χ3n) is 4.20. The van der Waals surface area contributed by atoms with E-state index in [9.17, 15) is 9.59 Å². The van der Waals surface area contributed by atoms with Crippen LogP contribution >= 0.6 is 0 Å². The molecule has 0 saturated heterocycles. The van der Waals surface area contributed by atoms with Crippen LogP contribution in [0.3, 0.4) is 0 Å². The Morgan fingerprint density at radius 2 is 1.89 bits per heavy atom. The van der Waals surface area contributed by atoms with Crippen LogP contribution in [0.5, 0.6) is 5.75 Å². The number of esters is 1. The van der Waals surface area contributed by atoms with Gasteiger partial charge >= 0.3 is 5.97 Å². The predicted octanol–water partition coefficient (Wildman–Crippen LogP) is 3.56. The van der Waals surface area contributed by atoms with E-state index < -0.39 is 6.10 Å². The molecule has 0 bridgehead atoms. The molecule has 6 nitrogen and oxygen atoms in total. The summed E-state index contributed by atoms with van der Waals surface area (Å²) >= 11 is 0. The zero-order valence-electron chi connectivity index (χ0n) is 15.4. The SMILES string of the molecule is CCOc1ccccc1CCC(=O)O[C@H](C)c1nc2ccccc2c(=O)[nH]1. The minimum atomic E-state index is -0.642. The van der Waals surface area contributed by atoms with Crippen LogP contribution in [-0.2, 0) is 16.0 Å². The predicted molar refractivity (Wildman–Crippen MR) is 103 cm³/mol. The normalized spacial score (nSPS) is 11.9. The maximum absolute atomic E-state index is 12.2. The fourth-order valence-electron chi connectivity index (χ4n) is 2.85. The van der Waals surface area contributed by atoms with Gasteiger partial charge in [0, 0.05) is 6.42 Å². The van der Waals surface area contributed by atoms with E-state index in [1.165, 1.54) is 0 Å². The number of ether oxygens (including phenoxy) is 2. The molecule has 1 N–H and O–H groups in total. The van der Waals surface area contributed by atoms with Gasteiger partial charge in [-0.15, -0.1) is 0 Å². The van der Waals surface area contributed by atoms with Crippen molar-refractivity contribution in [1.82, 2.24) is 9.97 Å². The number of benzene rings is 2. The van der Waals surface area contributed by atoms with E-state index in [2.05, 4.69) is 9.97 Å². The van der Waals surface area contributed by atoms with Gasteiger partial charge in [0.2, 0.25) is 0 Å². The average molecular weight is 366 g/mol. The molecule has 0 saturated carbocycles. The number of nitrogens with one attached hydrogen (secondary N) is 1. The van der Waals surface area contributed by atoms with Crippen molar-refractivity contribution in [2.75, 3.05) is 6.61 Å². The van der Waals surface area contributed by atoms with E-state index in [0.717, 1.165) is 11.3 Å². The highest BCUT2D eigenvalue weighted by molar-refractivity contribution is 5.77. The van der Waals surface area contributed by atoms with Crippen molar-refractivity contribution in [3.8, 4) is 5.75 Å². The molecule has 1 aromatic heterocycles. The van der Waals surface area contributed by atoms with Gasteiger partial charge in [-0.05, 0) is 44.0 Å². The van der Waals surface area contributed by atoms with Gasteiger partial charge in [-0.25, -0.2) is 4.98 Å². The zero-order chi connectivity index (χ0) is 19.2. The Labute approximate surface area is 157 Å². The largest absolute Gasteiger partial charge is 0.494 e. The highest BCUT2D eigenvalue weighted by atomic mass is 16.5. The summed E-state index contributed by atoms with van der Waals surface area (Å²) in [4.78, 5) is 31.5. The quantitative estimate of drug-likeness (QED) is 0.647. The number of hydrogen-bond donors (Lipinski definition) is 1. The number of H-pyrrole nitrogens is 1. The monoisotopic (exact) mass is 366 g/mol. The van der Waals surface area contributed by atoms with Gasteiger partial charge in [0.1, 0.15) is 5.75 Å². The number of hydrogen-bond acceptors (Lipinski definition) is 5. The molecule has 0 aliphatic carbocycles. The van der Waals surface area contributed by atoms with Crippen molar-refractivity contribution in [2.45, 2.75) is 32.8 Å². The fourth-order valence-corrected chi connectivity index (χ4v) is 2.85. The maximum Gasteiger partial charge on any atom is 0.306 e. The zero-order valence-corrected chi connectivity index (χ0v) is 15.4. The summed E-state index contributed by atoms with van der Waals surface area (Å²) in [5.74, 6) is 0.757. The van der Waals surface area contributed by atoms with Crippen LogP contribution in [0.1, 0.15) is 37.8 Å². The first kappa shape index (κ1) is 18.6. The molecule has 2 aromatic carbocycles. The second-order valence-corrected chi connectivity index (χ2v) is 6.14. The van der Waals surface area contributed by atoms with Crippen LogP contribution in [0, 0.1) is 0 Å². The third-order valence-corrected chi connectivity index (χ3v) is 4.20. The highest BCUT2D eigenvalue weighted by Gasteiger charge is 2.16. The maximum atomic E-state index is 12.2. The number of aromatic amines is 1. The first-order chi connectivity index (χ1) is 13.1. The molecular formula is C21H22N2O4. The first-order valence-corrected chi connectivity index (χ1v) is 8.97. The lowest BCUT2D eigenvalue weighted by Gasteiger charge is -2.14. The van der Waals surface area contributed by atoms with Gasteiger partial charge < -0.3 is 14.5 Å². The van der Waals surface area contributed by atoms with Gasteiger partial charge in [-0.1, -0.05) is 30.3 Å². The molecule has 3 rings (SSSR count). The molecular weight excluding hydrogens is 344 g/mol. The summed E-state index contributed by atoms with van der Waals surface area (Å²) in [6.07, 6.45) is 0.0901. The molecule has 3 aromatic rings. The van der Waals surface area contributed by atoms with Gasteiger partial charge in [-0.2, -0.15) is 0 Å². The van der Waals surface area contributed by atoms with E-state index in [0.29, 0.717) is 29.8 Å². The van der Waals surface area contributed by atoms with E-state index in [-0.39, 0.29) is 17.9 Å². The van der Waals surface area contributed by atoms with Crippen molar-refractivity contribution >= 4 is 16.9 Å². The summed E-state index contributed by atoms with van der Waals surface area (Å²) in [5, 5.41) is 0.507. The molecule has 140 valence electrons. The number of para-hydroxylation sites is 2. The molecule has 1 heterocycles. The van der Waals surface area contributed by atoms with Gasteiger partial charge in [0.05, 0.1) is 17.5 Å². The lowest BCUT2D eigenvalue weighted by Crippen LogP contribution is -2.17. The number of carbonyl (C=O) groups excluding carboxylic acids is 1. The summed E-state index contributed by atoms with van der Waals surface area (Å²) < 4.78 is 11.0. The Morgan fingerprint density at radius 3 is 2.70 bits per heavy atom. The van der Waals surface area contributed by atoms with Crippen LogP contribution in [0.2, 0.25) is 0 Å². The van der Waals surface area contributed by atoms with Crippen molar-refractivity contribution in [1.29, 1.82) is 0 Å². The molecule has 27 heavy (non-hydrogen) atoms. The fraction of sp³-hybridized carbons (Fsp3) is 0.286. The van der Waals surface area contributed by atoms with E-state index in [4.69, 9.17) is 9.47 Å². The Morgan fingerprint density at radius 1 is 1.15 bits per heavy atom. The molecule has 1 atom stereocenters. The van der Waals surface area contributed by atoms with E-state index >= 15 is 0 Å². The van der Waals surface area contributed by atoms with Crippen molar-refractivity contribution in [3.05, 3.63) is 70.3 Å². The number of rotatable bonds is 7. The molecule has 0 aliphatic heterocycles. The average Bonchev–Trinajstić information content (AvgIpc) is 2.67. The van der Waals surface area contributed by atoms with Gasteiger partial charge in [-0.3, -0.25) is 9.59 Å². The number of fused-ring (bicyclic) bond motifs is 1. The molecule has 6 heteroatoms.